The van der Waals surface area contributed by atoms with Crippen LogP contribution in [0.1, 0.15) is 56.2 Å². The molecule has 0 aliphatic carbocycles. The van der Waals surface area contributed by atoms with E-state index in [9.17, 15) is 0 Å². The second-order valence-electron chi connectivity index (χ2n) is 11.7. The summed E-state index contributed by atoms with van der Waals surface area (Å²) in [4.78, 5) is 0. The summed E-state index contributed by atoms with van der Waals surface area (Å²) in [7, 11) is 2.17. The van der Waals surface area contributed by atoms with Gasteiger partial charge in [-0.05, 0) is 65.8 Å². The summed E-state index contributed by atoms with van der Waals surface area (Å²) in [5, 5.41) is 4.54. The topological polar surface area (TPSA) is 39.3 Å². The smallest absolute Gasteiger partial charge is 0.299 e. The van der Waals surface area contributed by atoms with E-state index < -0.39 is 0 Å². The molecule has 4 aromatic carbocycles. The predicted octanol–water partition coefficient (Wildman–Crippen LogP) is 8.74. The van der Waals surface area contributed by atoms with E-state index in [0.29, 0.717) is 11.8 Å². The van der Waals surface area contributed by atoms with Gasteiger partial charge < -0.3 is 4.42 Å². The Kier molecular flexibility index (Phi) is 5.86. The van der Waals surface area contributed by atoms with Gasteiger partial charge in [0, 0.05) is 17.2 Å². The van der Waals surface area contributed by atoms with Crippen LogP contribution in [0.25, 0.3) is 56.0 Å². The van der Waals surface area contributed by atoms with Crippen LogP contribution in [0.15, 0.2) is 95.5 Å². The van der Waals surface area contributed by atoms with Gasteiger partial charge in [0.1, 0.15) is 16.8 Å². The van der Waals surface area contributed by atoms with Gasteiger partial charge >= 0.3 is 0 Å². The lowest BCUT2D eigenvalue weighted by Crippen LogP contribution is -2.30. The van der Waals surface area contributed by atoms with Gasteiger partial charge in [-0.2, -0.15) is 14.2 Å². The Morgan fingerprint density at radius 2 is 1.44 bits per heavy atom. The summed E-state index contributed by atoms with van der Waals surface area (Å²) < 4.78 is 13.2. The largest absolute Gasteiger partial charge is 0.436 e. The van der Waals surface area contributed by atoms with Crippen LogP contribution in [-0.2, 0) is 7.05 Å². The molecular formula is C36H35N4O+. The van der Waals surface area contributed by atoms with E-state index in [0.717, 1.165) is 33.8 Å². The number of nitrogens with zero attached hydrogens (tertiary/aromatic N) is 4. The number of hydrogen-bond acceptors (Lipinski definition) is 2. The van der Waals surface area contributed by atoms with E-state index in [4.69, 9.17) is 4.42 Å². The third-order valence-electron chi connectivity index (χ3n) is 8.37. The zero-order chi connectivity index (χ0) is 28.4. The highest BCUT2D eigenvalue weighted by molar-refractivity contribution is 5.94. The lowest BCUT2D eigenvalue weighted by atomic mass is 9.88. The zero-order valence-electron chi connectivity index (χ0n) is 24.5. The van der Waals surface area contributed by atoms with Crippen LogP contribution in [0.5, 0.6) is 0 Å². The molecule has 0 aliphatic rings. The van der Waals surface area contributed by atoms with Crippen molar-refractivity contribution in [1.82, 2.24) is 14.2 Å². The molecule has 3 heterocycles. The number of rotatable bonds is 5. The average Bonchev–Trinajstić information content (AvgIpc) is 3.65. The van der Waals surface area contributed by atoms with Crippen molar-refractivity contribution >= 4 is 27.8 Å². The Morgan fingerprint density at radius 3 is 2.15 bits per heavy atom. The van der Waals surface area contributed by atoms with E-state index in [1.807, 2.05) is 10.6 Å². The number of hydrogen-bond donors (Lipinski definition) is 0. The molecular weight excluding hydrogens is 504 g/mol. The van der Waals surface area contributed by atoms with Crippen molar-refractivity contribution < 1.29 is 8.98 Å². The molecule has 0 spiro atoms. The van der Waals surface area contributed by atoms with Crippen LogP contribution in [0, 0.1) is 6.92 Å². The zero-order valence-corrected chi connectivity index (χ0v) is 24.5. The van der Waals surface area contributed by atoms with Crippen molar-refractivity contribution in [3.8, 4) is 28.2 Å². The number of fused-ring (bicyclic) bond motifs is 4. The monoisotopic (exact) mass is 539 g/mol. The number of oxazole rings is 1. The molecule has 0 atom stereocenters. The van der Waals surface area contributed by atoms with Crippen molar-refractivity contribution in [2.75, 3.05) is 0 Å². The van der Waals surface area contributed by atoms with E-state index >= 15 is 0 Å². The molecule has 0 fully saturated rings. The Bertz CT molecular complexity index is 2040. The fourth-order valence-corrected chi connectivity index (χ4v) is 6.31. The number of aromatic nitrogens is 4. The summed E-state index contributed by atoms with van der Waals surface area (Å²) in [5.41, 5.74) is 13.6. The SMILES string of the molecule is Cc1ccc2c(oc3ccnn32)c1-c1n(-c2c(C(C)C)cc(-c3ccccc3)cc2C(C)C)c2ccccc2[n+]1C. The fourth-order valence-electron chi connectivity index (χ4n) is 6.31. The highest BCUT2D eigenvalue weighted by Crippen LogP contribution is 2.41. The summed E-state index contributed by atoms with van der Waals surface area (Å²) in [6, 6.07) is 30.4. The first kappa shape index (κ1) is 25.3. The maximum Gasteiger partial charge on any atom is 0.299 e. The summed E-state index contributed by atoms with van der Waals surface area (Å²) in [6.07, 6.45) is 1.78. The summed E-state index contributed by atoms with van der Waals surface area (Å²) in [5.74, 6) is 1.73. The molecule has 7 aromatic rings. The minimum Gasteiger partial charge on any atom is -0.436 e. The third-order valence-corrected chi connectivity index (χ3v) is 8.37. The number of benzene rings is 4. The van der Waals surface area contributed by atoms with Gasteiger partial charge in [0.25, 0.3) is 5.82 Å². The number of imidazole rings is 1. The molecule has 41 heavy (non-hydrogen) atoms. The van der Waals surface area contributed by atoms with Crippen molar-refractivity contribution in [1.29, 1.82) is 0 Å². The van der Waals surface area contributed by atoms with Crippen molar-refractivity contribution in [3.63, 3.8) is 0 Å². The van der Waals surface area contributed by atoms with Crippen LogP contribution in [0.2, 0.25) is 0 Å². The third kappa shape index (κ3) is 3.83. The fraction of sp³-hybridized carbons (Fsp3) is 0.222. The second kappa shape index (κ2) is 9.48. The van der Waals surface area contributed by atoms with Crippen LogP contribution < -0.4 is 4.57 Å². The maximum atomic E-state index is 6.51. The highest BCUT2D eigenvalue weighted by Gasteiger charge is 2.34. The molecule has 3 aromatic heterocycles. The summed E-state index contributed by atoms with van der Waals surface area (Å²) >= 11 is 0. The molecule has 0 amide bonds. The van der Waals surface area contributed by atoms with Crippen LogP contribution in [-0.4, -0.2) is 14.2 Å². The molecule has 0 unspecified atom stereocenters. The van der Waals surface area contributed by atoms with Crippen molar-refractivity contribution in [2.24, 2.45) is 7.05 Å². The highest BCUT2D eigenvalue weighted by atomic mass is 16.3. The molecule has 0 saturated heterocycles. The molecule has 204 valence electrons. The van der Waals surface area contributed by atoms with Gasteiger partial charge in [-0.3, -0.25) is 0 Å². The van der Waals surface area contributed by atoms with E-state index in [2.05, 4.69) is 135 Å². The lowest BCUT2D eigenvalue weighted by Gasteiger charge is -2.21. The predicted molar refractivity (Wildman–Crippen MR) is 167 cm³/mol. The Morgan fingerprint density at radius 1 is 0.756 bits per heavy atom. The van der Waals surface area contributed by atoms with Crippen LogP contribution in [0.4, 0.5) is 0 Å². The van der Waals surface area contributed by atoms with Crippen molar-refractivity contribution in [3.05, 3.63) is 108 Å². The van der Waals surface area contributed by atoms with E-state index in [1.165, 1.54) is 39.0 Å². The standard InChI is InChI=1S/C36H35N4O/c1-22(2)27-20-26(25-12-8-7-9-13-25)21-28(23(3)4)34(27)39-30-15-11-10-14-29(30)38(6)36(39)33-24(5)16-17-31-35(33)41-32-18-19-37-40(31)32/h7-23H,1-6H3/q+1. The molecule has 0 saturated carbocycles. The molecule has 0 bridgehead atoms. The van der Waals surface area contributed by atoms with E-state index in [1.54, 1.807) is 6.20 Å². The molecule has 0 radical (unpaired) electrons. The number of aryl methyl sites for hydroxylation is 2. The molecule has 5 heteroatoms. The quantitative estimate of drug-likeness (QED) is 0.205. The van der Waals surface area contributed by atoms with E-state index in [-0.39, 0.29) is 0 Å². The molecule has 5 nitrogen and oxygen atoms in total. The van der Waals surface area contributed by atoms with Gasteiger partial charge in [-0.15, -0.1) is 0 Å². The molecule has 7 rings (SSSR count). The first-order chi connectivity index (χ1) is 19.8. The number of para-hydroxylation sites is 2. The molecule has 0 aliphatic heterocycles. The van der Waals surface area contributed by atoms with Crippen LogP contribution >= 0.6 is 0 Å². The lowest BCUT2D eigenvalue weighted by molar-refractivity contribution is -0.633. The van der Waals surface area contributed by atoms with Gasteiger partial charge in [0.15, 0.2) is 16.6 Å². The normalized spacial score (nSPS) is 12.1. The van der Waals surface area contributed by atoms with Gasteiger partial charge in [0.2, 0.25) is 5.71 Å². The van der Waals surface area contributed by atoms with Gasteiger partial charge in [0.05, 0.1) is 13.2 Å². The van der Waals surface area contributed by atoms with Gasteiger partial charge in [-0.1, -0.05) is 76.2 Å². The Hall–Kier alpha value is -4.64. The molecule has 0 N–H and O–H groups in total. The maximum absolute atomic E-state index is 6.51. The summed E-state index contributed by atoms with van der Waals surface area (Å²) in [6.45, 7) is 11.4. The Labute approximate surface area is 240 Å². The minimum absolute atomic E-state index is 0.314. The van der Waals surface area contributed by atoms with Crippen molar-refractivity contribution in [2.45, 2.75) is 46.5 Å². The first-order valence-electron chi connectivity index (χ1n) is 14.4. The minimum atomic E-state index is 0.314. The van der Waals surface area contributed by atoms with Crippen LogP contribution in [0.3, 0.4) is 0 Å². The average molecular weight is 540 g/mol. The van der Waals surface area contributed by atoms with Gasteiger partial charge in [-0.25, -0.2) is 4.57 Å². The first-order valence-corrected chi connectivity index (χ1v) is 14.4. The Balaban J connectivity index is 1.65. The second-order valence-corrected chi connectivity index (χ2v) is 11.7.